The predicted octanol–water partition coefficient (Wildman–Crippen LogP) is 1.72. The zero-order chi connectivity index (χ0) is 16.6. The van der Waals surface area contributed by atoms with Crippen molar-refractivity contribution in [3.8, 4) is 0 Å². The zero-order valence-corrected chi connectivity index (χ0v) is 14.3. The van der Waals surface area contributed by atoms with E-state index in [0.717, 1.165) is 13.0 Å². The molecule has 0 aromatic heterocycles. The number of aliphatic carboxylic acids is 1. The molecule has 0 spiro atoms. The monoisotopic (exact) mass is 301 g/mol. The van der Waals surface area contributed by atoms with Crippen molar-refractivity contribution in [3.63, 3.8) is 0 Å². The fourth-order valence-corrected chi connectivity index (χ4v) is 2.06. The zero-order valence-electron chi connectivity index (χ0n) is 14.3. The van der Waals surface area contributed by atoms with Gasteiger partial charge in [0.2, 0.25) is 0 Å². The second-order valence-electron chi connectivity index (χ2n) is 7.06. The van der Waals surface area contributed by atoms with E-state index in [-0.39, 0.29) is 18.0 Å². The summed E-state index contributed by atoms with van der Waals surface area (Å²) in [5.74, 6) is -1.41. The molecule has 0 aromatic carbocycles. The Hall–Kier alpha value is -1.30. The van der Waals surface area contributed by atoms with Gasteiger partial charge < -0.3 is 20.2 Å². The van der Waals surface area contributed by atoms with Crippen LogP contribution in [-0.2, 0) is 4.79 Å². The molecule has 1 unspecified atom stereocenters. The summed E-state index contributed by atoms with van der Waals surface area (Å²) in [5, 5.41) is 11.9. The topological polar surface area (TPSA) is 72.9 Å². The molecule has 1 atom stereocenters. The van der Waals surface area contributed by atoms with Crippen molar-refractivity contribution >= 4 is 12.0 Å². The number of carbonyl (C=O) groups is 2. The van der Waals surface area contributed by atoms with E-state index in [1.807, 2.05) is 34.9 Å². The summed E-state index contributed by atoms with van der Waals surface area (Å²) < 4.78 is 0. The highest BCUT2D eigenvalue weighted by Crippen LogP contribution is 2.24. The van der Waals surface area contributed by atoms with E-state index >= 15 is 0 Å². The highest BCUT2D eigenvalue weighted by atomic mass is 16.4. The second-order valence-corrected chi connectivity index (χ2v) is 7.06. The van der Waals surface area contributed by atoms with E-state index < -0.39 is 11.9 Å². The highest BCUT2D eigenvalue weighted by Gasteiger charge is 2.25. The summed E-state index contributed by atoms with van der Waals surface area (Å²) in [6.07, 6.45) is 1.42. The molecule has 21 heavy (non-hydrogen) atoms. The molecule has 0 aliphatic rings. The molecule has 0 radical (unpaired) electrons. The van der Waals surface area contributed by atoms with E-state index in [9.17, 15) is 14.7 Å². The van der Waals surface area contributed by atoms with E-state index in [2.05, 4.69) is 10.2 Å². The van der Waals surface area contributed by atoms with Crippen molar-refractivity contribution in [3.05, 3.63) is 0 Å². The molecule has 0 aromatic rings. The number of nitrogens with zero attached hydrogens (tertiary/aromatic N) is 2. The number of rotatable bonds is 8. The maximum Gasteiger partial charge on any atom is 0.317 e. The van der Waals surface area contributed by atoms with E-state index in [1.54, 1.807) is 11.9 Å². The van der Waals surface area contributed by atoms with Crippen LogP contribution in [-0.4, -0.2) is 67.7 Å². The van der Waals surface area contributed by atoms with Gasteiger partial charge in [-0.15, -0.1) is 0 Å². The molecular formula is C15H31N3O3. The first-order valence-corrected chi connectivity index (χ1v) is 7.39. The summed E-state index contributed by atoms with van der Waals surface area (Å²) in [7, 11) is 5.71. The lowest BCUT2D eigenvalue weighted by molar-refractivity contribution is -0.142. The van der Waals surface area contributed by atoms with Gasteiger partial charge in [0.1, 0.15) is 0 Å². The molecule has 2 N–H and O–H groups in total. The smallest absolute Gasteiger partial charge is 0.317 e. The minimum Gasteiger partial charge on any atom is -0.481 e. The summed E-state index contributed by atoms with van der Waals surface area (Å²) in [4.78, 5) is 26.8. The van der Waals surface area contributed by atoms with Crippen LogP contribution in [0.25, 0.3) is 0 Å². The van der Waals surface area contributed by atoms with Gasteiger partial charge in [-0.3, -0.25) is 4.79 Å². The average molecular weight is 301 g/mol. The van der Waals surface area contributed by atoms with Gasteiger partial charge in [0.05, 0.1) is 5.92 Å². The van der Waals surface area contributed by atoms with Crippen LogP contribution in [0.3, 0.4) is 0 Å². The Kier molecular flexibility index (Phi) is 8.32. The average Bonchev–Trinajstić information content (AvgIpc) is 2.31. The van der Waals surface area contributed by atoms with Crippen molar-refractivity contribution in [1.82, 2.24) is 15.1 Å². The van der Waals surface area contributed by atoms with Crippen LogP contribution < -0.4 is 5.32 Å². The molecule has 0 aliphatic heterocycles. The number of amides is 2. The summed E-state index contributed by atoms with van der Waals surface area (Å²) in [5.41, 5.74) is -0.0780. The van der Waals surface area contributed by atoms with Crippen LogP contribution in [0.5, 0.6) is 0 Å². The van der Waals surface area contributed by atoms with Crippen molar-refractivity contribution in [1.29, 1.82) is 0 Å². The number of hydrogen-bond donors (Lipinski definition) is 2. The van der Waals surface area contributed by atoms with Crippen LogP contribution in [0, 0.1) is 11.3 Å². The van der Waals surface area contributed by atoms with Crippen molar-refractivity contribution in [2.24, 2.45) is 11.3 Å². The van der Waals surface area contributed by atoms with Crippen LogP contribution in [0.2, 0.25) is 0 Å². The molecule has 2 amide bonds. The molecular weight excluding hydrogens is 270 g/mol. The number of carbonyl (C=O) groups excluding carboxylic acids is 1. The number of nitrogens with one attached hydrogen (secondary N) is 1. The third-order valence-electron chi connectivity index (χ3n) is 3.15. The Labute approximate surface area is 128 Å². The number of urea groups is 1. The van der Waals surface area contributed by atoms with E-state index in [1.165, 1.54) is 0 Å². The van der Waals surface area contributed by atoms with Crippen LogP contribution >= 0.6 is 0 Å². The van der Waals surface area contributed by atoms with E-state index in [4.69, 9.17) is 0 Å². The summed E-state index contributed by atoms with van der Waals surface area (Å²) in [6.45, 7) is 7.73. The third-order valence-corrected chi connectivity index (χ3v) is 3.15. The van der Waals surface area contributed by atoms with Gasteiger partial charge in [-0.2, -0.15) is 0 Å². The van der Waals surface area contributed by atoms with Gasteiger partial charge >= 0.3 is 12.0 Å². The molecule has 6 nitrogen and oxygen atoms in total. The molecule has 0 bridgehead atoms. The number of carboxylic acid groups (broad SMARTS) is 1. The highest BCUT2D eigenvalue weighted by molar-refractivity contribution is 5.75. The molecule has 0 heterocycles. The maximum absolute atomic E-state index is 11.9. The van der Waals surface area contributed by atoms with Gasteiger partial charge in [0.15, 0.2) is 0 Å². The molecule has 0 rings (SSSR count). The fraction of sp³-hybridized carbons (Fsp3) is 0.867. The predicted molar refractivity (Wildman–Crippen MR) is 84.4 cm³/mol. The van der Waals surface area contributed by atoms with Crippen LogP contribution in [0.4, 0.5) is 4.79 Å². The Balaban J connectivity index is 4.21. The maximum atomic E-state index is 11.9. The Bertz CT molecular complexity index is 338. The van der Waals surface area contributed by atoms with Crippen LogP contribution in [0.15, 0.2) is 0 Å². The second kappa shape index (κ2) is 8.87. The summed E-state index contributed by atoms with van der Waals surface area (Å²) in [6, 6.07) is -0.214. The molecule has 0 saturated carbocycles. The van der Waals surface area contributed by atoms with Crippen molar-refractivity contribution in [2.45, 2.75) is 33.6 Å². The SMILES string of the molecule is CN(C)CCCN(C)C(=O)NCC(CC(C)(C)C)C(=O)O. The molecule has 124 valence electrons. The fourth-order valence-electron chi connectivity index (χ4n) is 2.06. The lowest BCUT2D eigenvalue weighted by Crippen LogP contribution is -2.42. The van der Waals surface area contributed by atoms with Gasteiger partial charge in [0.25, 0.3) is 0 Å². The number of carboxylic acids is 1. The standard InChI is InChI=1S/C15H31N3O3/c1-15(2,3)10-12(13(19)20)11-16-14(21)18(6)9-7-8-17(4)5/h12H,7-11H2,1-6H3,(H,16,21)(H,19,20). The first kappa shape index (κ1) is 19.7. The van der Waals surface area contributed by atoms with Crippen LogP contribution in [0.1, 0.15) is 33.6 Å². The number of hydrogen-bond acceptors (Lipinski definition) is 3. The lowest BCUT2D eigenvalue weighted by atomic mass is 9.84. The molecule has 0 fully saturated rings. The quantitative estimate of drug-likeness (QED) is 0.716. The van der Waals surface area contributed by atoms with Gasteiger partial charge in [-0.25, -0.2) is 4.79 Å². The molecule has 0 saturated heterocycles. The normalized spacial score (nSPS) is 13.1. The largest absolute Gasteiger partial charge is 0.481 e. The van der Waals surface area contributed by atoms with Gasteiger partial charge in [-0.05, 0) is 38.9 Å². The van der Waals surface area contributed by atoms with Crippen molar-refractivity contribution < 1.29 is 14.7 Å². The Morgan fingerprint density at radius 3 is 2.14 bits per heavy atom. The minimum absolute atomic E-state index is 0.0780. The minimum atomic E-state index is -0.861. The Morgan fingerprint density at radius 2 is 1.71 bits per heavy atom. The Morgan fingerprint density at radius 1 is 1.14 bits per heavy atom. The van der Waals surface area contributed by atoms with Gasteiger partial charge in [0, 0.05) is 20.1 Å². The molecule has 0 aliphatic carbocycles. The van der Waals surface area contributed by atoms with Gasteiger partial charge in [-0.1, -0.05) is 20.8 Å². The first-order chi connectivity index (χ1) is 9.53. The first-order valence-electron chi connectivity index (χ1n) is 7.39. The lowest BCUT2D eigenvalue weighted by Gasteiger charge is -2.25. The van der Waals surface area contributed by atoms with Crippen molar-refractivity contribution in [2.75, 3.05) is 40.8 Å². The molecule has 6 heteroatoms. The third kappa shape index (κ3) is 10.1. The summed E-state index contributed by atoms with van der Waals surface area (Å²) >= 11 is 0. The van der Waals surface area contributed by atoms with E-state index in [0.29, 0.717) is 13.0 Å².